The molecule has 2 aromatic carbocycles. The van der Waals surface area contributed by atoms with Crippen molar-refractivity contribution in [2.24, 2.45) is 0 Å². The highest BCUT2D eigenvalue weighted by Gasteiger charge is 2.29. The van der Waals surface area contributed by atoms with Gasteiger partial charge in [0.05, 0.1) is 26.3 Å². The molecule has 1 atom stereocenters. The average molecular weight is 365 g/mol. The van der Waals surface area contributed by atoms with Crippen LogP contribution in [0.4, 0.5) is 0 Å². The molecular formula is C21H19NO5. The van der Waals surface area contributed by atoms with Crippen molar-refractivity contribution in [1.82, 2.24) is 4.98 Å². The molecule has 2 heterocycles. The minimum absolute atomic E-state index is 0.0310. The molecule has 6 nitrogen and oxygen atoms in total. The molecule has 1 aromatic heterocycles. The first-order chi connectivity index (χ1) is 13.2. The lowest BCUT2D eigenvalue weighted by atomic mass is 9.78. The van der Waals surface area contributed by atoms with Gasteiger partial charge >= 0.3 is 0 Å². The predicted octanol–water partition coefficient (Wildman–Crippen LogP) is 3.28. The van der Waals surface area contributed by atoms with Gasteiger partial charge in [0.1, 0.15) is 0 Å². The van der Waals surface area contributed by atoms with Crippen LogP contribution < -0.4 is 18.9 Å². The fourth-order valence-electron chi connectivity index (χ4n) is 4.12. The number of rotatable bonds is 3. The first-order valence-corrected chi connectivity index (χ1v) is 8.82. The van der Waals surface area contributed by atoms with Crippen molar-refractivity contribution >= 4 is 10.9 Å². The van der Waals surface area contributed by atoms with Gasteiger partial charge in [-0.2, -0.15) is 0 Å². The Morgan fingerprint density at radius 1 is 1.04 bits per heavy atom. The third-order valence-electron chi connectivity index (χ3n) is 5.40. The second-order valence-electron chi connectivity index (χ2n) is 6.76. The number of aliphatic hydroxyl groups is 1. The van der Waals surface area contributed by atoms with Crippen LogP contribution in [0.3, 0.4) is 0 Å². The average Bonchev–Trinajstić information content (AvgIpc) is 3.17. The van der Waals surface area contributed by atoms with E-state index in [1.54, 1.807) is 14.2 Å². The van der Waals surface area contributed by atoms with Crippen LogP contribution in [0.25, 0.3) is 22.0 Å². The second-order valence-corrected chi connectivity index (χ2v) is 6.76. The van der Waals surface area contributed by atoms with Crippen molar-refractivity contribution in [3.8, 4) is 34.1 Å². The summed E-state index contributed by atoms with van der Waals surface area (Å²) in [5.74, 6) is 2.76. The van der Waals surface area contributed by atoms with Crippen molar-refractivity contribution in [3.05, 3.63) is 41.6 Å². The third-order valence-corrected chi connectivity index (χ3v) is 5.40. The predicted molar refractivity (Wildman–Crippen MR) is 99.9 cm³/mol. The van der Waals surface area contributed by atoms with Gasteiger partial charge in [0.25, 0.3) is 0 Å². The number of aliphatic hydroxyl groups excluding tert-OH is 1. The normalized spacial score (nSPS) is 16.8. The zero-order chi connectivity index (χ0) is 18.5. The number of nitrogens with zero attached hydrogens (tertiary/aromatic N) is 1. The lowest BCUT2D eigenvalue weighted by Crippen LogP contribution is -2.16. The minimum atomic E-state index is -0.0310. The molecular weight excluding hydrogens is 346 g/mol. The molecule has 0 fully saturated rings. The maximum absolute atomic E-state index is 10.1. The molecule has 0 amide bonds. The molecule has 0 spiro atoms. The van der Waals surface area contributed by atoms with Gasteiger partial charge in [-0.1, -0.05) is 0 Å². The Kier molecular flexibility index (Phi) is 3.62. The molecule has 0 saturated heterocycles. The van der Waals surface area contributed by atoms with E-state index < -0.39 is 0 Å². The van der Waals surface area contributed by atoms with Crippen LogP contribution in [0.1, 0.15) is 17.0 Å². The highest BCUT2D eigenvalue weighted by Crippen LogP contribution is 2.47. The third kappa shape index (κ3) is 2.33. The van der Waals surface area contributed by atoms with Gasteiger partial charge in [0.2, 0.25) is 6.79 Å². The molecule has 3 aromatic rings. The van der Waals surface area contributed by atoms with E-state index in [0.29, 0.717) is 29.4 Å². The summed E-state index contributed by atoms with van der Waals surface area (Å²) in [4.78, 5) is 4.65. The van der Waals surface area contributed by atoms with E-state index in [1.165, 1.54) is 0 Å². The van der Waals surface area contributed by atoms with Crippen LogP contribution in [0, 0.1) is 0 Å². The van der Waals surface area contributed by atoms with E-state index >= 15 is 0 Å². The summed E-state index contributed by atoms with van der Waals surface area (Å²) in [6.45, 7) is 0.269. The van der Waals surface area contributed by atoms with E-state index in [0.717, 1.165) is 33.2 Å². The van der Waals surface area contributed by atoms with Gasteiger partial charge in [-0.25, -0.2) is 0 Å². The van der Waals surface area contributed by atoms with Crippen molar-refractivity contribution in [3.63, 3.8) is 0 Å². The topological polar surface area (TPSA) is 70.0 Å². The largest absolute Gasteiger partial charge is 0.493 e. The molecule has 27 heavy (non-hydrogen) atoms. The molecule has 1 aliphatic carbocycles. The minimum Gasteiger partial charge on any atom is -0.493 e. The van der Waals surface area contributed by atoms with Gasteiger partial charge < -0.3 is 24.1 Å². The van der Waals surface area contributed by atoms with E-state index in [9.17, 15) is 5.11 Å². The van der Waals surface area contributed by atoms with E-state index in [-0.39, 0.29) is 19.3 Å². The van der Waals surface area contributed by atoms with Gasteiger partial charge in [0, 0.05) is 29.1 Å². The standard InChI is InChI=1S/C21H19NO5/c1-24-17-4-11-3-12(9-23)21-14-6-19-20(27-10-26-19)7-16(14)22-8-15(21)13(11)5-18(17)25-2/h4-8,12,23H,3,9-10H2,1-2H3. The Labute approximate surface area is 156 Å². The van der Waals surface area contributed by atoms with Crippen molar-refractivity contribution < 1.29 is 24.1 Å². The number of aromatic nitrogens is 1. The fourth-order valence-corrected chi connectivity index (χ4v) is 4.12. The molecule has 2 aliphatic rings. The molecule has 1 unspecified atom stereocenters. The Morgan fingerprint density at radius 2 is 1.78 bits per heavy atom. The van der Waals surface area contributed by atoms with E-state index in [1.807, 2.05) is 30.5 Å². The molecule has 1 N–H and O–H groups in total. The van der Waals surface area contributed by atoms with Crippen LogP contribution in [0.5, 0.6) is 23.0 Å². The summed E-state index contributed by atoms with van der Waals surface area (Å²) >= 11 is 0. The molecule has 5 rings (SSSR count). The van der Waals surface area contributed by atoms with Crippen LogP contribution in [-0.4, -0.2) is 37.7 Å². The molecule has 138 valence electrons. The van der Waals surface area contributed by atoms with Crippen LogP contribution in [-0.2, 0) is 6.42 Å². The van der Waals surface area contributed by atoms with Crippen molar-refractivity contribution in [1.29, 1.82) is 0 Å². The lowest BCUT2D eigenvalue weighted by molar-refractivity contribution is 0.174. The summed E-state index contributed by atoms with van der Waals surface area (Å²) in [6, 6.07) is 7.85. The first kappa shape index (κ1) is 16.2. The quantitative estimate of drug-likeness (QED) is 0.768. The Bertz CT molecular complexity index is 1060. The van der Waals surface area contributed by atoms with E-state index in [4.69, 9.17) is 18.9 Å². The van der Waals surface area contributed by atoms with Crippen LogP contribution in [0.15, 0.2) is 30.5 Å². The van der Waals surface area contributed by atoms with Gasteiger partial charge in [-0.15, -0.1) is 0 Å². The Balaban J connectivity index is 1.80. The molecule has 0 saturated carbocycles. The lowest BCUT2D eigenvalue weighted by Gasteiger charge is -2.28. The number of benzene rings is 2. The zero-order valence-corrected chi connectivity index (χ0v) is 15.1. The number of hydrogen-bond donors (Lipinski definition) is 1. The maximum atomic E-state index is 10.1. The SMILES string of the molecule is COc1cc2c(cc1OC)-c1cnc3cc4c(cc3c1C(CO)C2)OCO4. The number of pyridine rings is 1. The Hall–Kier alpha value is -2.99. The summed E-state index contributed by atoms with van der Waals surface area (Å²) in [5.41, 5.74) is 5.09. The number of ether oxygens (including phenoxy) is 4. The fraction of sp³-hybridized carbons (Fsp3) is 0.286. The summed E-state index contributed by atoms with van der Waals surface area (Å²) in [7, 11) is 3.26. The number of hydrogen-bond acceptors (Lipinski definition) is 6. The summed E-state index contributed by atoms with van der Waals surface area (Å²) < 4.78 is 22.0. The summed E-state index contributed by atoms with van der Waals surface area (Å²) in [6.07, 6.45) is 2.58. The van der Waals surface area contributed by atoms with Crippen LogP contribution >= 0.6 is 0 Å². The molecule has 1 aliphatic heterocycles. The van der Waals surface area contributed by atoms with Crippen LogP contribution in [0.2, 0.25) is 0 Å². The maximum Gasteiger partial charge on any atom is 0.231 e. The van der Waals surface area contributed by atoms with Gasteiger partial charge in [0.15, 0.2) is 23.0 Å². The smallest absolute Gasteiger partial charge is 0.231 e. The molecule has 6 heteroatoms. The highest BCUT2D eigenvalue weighted by atomic mass is 16.7. The van der Waals surface area contributed by atoms with Crippen molar-refractivity contribution in [2.75, 3.05) is 27.6 Å². The number of fused-ring (bicyclic) bond motifs is 6. The second kappa shape index (κ2) is 6.03. The molecule has 0 radical (unpaired) electrons. The molecule has 0 bridgehead atoms. The first-order valence-electron chi connectivity index (χ1n) is 8.82. The monoisotopic (exact) mass is 365 g/mol. The van der Waals surface area contributed by atoms with E-state index in [2.05, 4.69) is 4.98 Å². The highest BCUT2D eigenvalue weighted by molar-refractivity contribution is 5.93. The van der Waals surface area contributed by atoms with Crippen molar-refractivity contribution in [2.45, 2.75) is 12.3 Å². The van der Waals surface area contributed by atoms with Gasteiger partial charge in [-0.05, 0) is 41.3 Å². The zero-order valence-electron chi connectivity index (χ0n) is 15.1. The number of methoxy groups -OCH3 is 2. The Morgan fingerprint density at radius 3 is 2.52 bits per heavy atom. The summed E-state index contributed by atoms with van der Waals surface area (Å²) in [5, 5.41) is 11.1. The van der Waals surface area contributed by atoms with Gasteiger partial charge in [-0.3, -0.25) is 4.98 Å².